The normalized spacial score (nSPS) is 18.7. The Morgan fingerprint density at radius 1 is 1.48 bits per heavy atom. The summed E-state index contributed by atoms with van der Waals surface area (Å²) in [5, 5.41) is 11.7. The molecule has 2 N–H and O–H groups in total. The molecule has 0 saturated carbocycles. The van der Waals surface area contributed by atoms with Gasteiger partial charge in [-0.05, 0) is 43.5 Å². The molecule has 1 saturated heterocycles. The molecular weight excluding hydrogens is 275 g/mol. The fraction of sp³-hybridized carbons (Fsp3) is 0.467. The van der Waals surface area contributed by atoms with E-state index in [2.05, 4.69) is 5.32 Å². The number of nitrogens with one attached hydrogen (secondary N) is 1. The minimum Gasteiger partial charge on any atom is -0.480 e. The van der Waals surface area contributed by atoms with Crippen molar-refractivity contribution >= 4 is 11.9 Å². The number of carboxylic acids is 1. The van der Waals surface area contributed by atoms with Crippen molar-refractivity contribution in [2.45, 2.75) is 32.4 Å². The van der Waals surface area contributed by atoms with Crippen LogP contribution in [-0.2, 0) is 16.1 Å². The first-order valence-electron chi connectivity index (χ1n) is 6.96. The highest BCUT2D eigenvalue weighted by atomic mass is 19.1. The van der Waals surface area contributed by atoms with Crippen LogP contribution in [0.4, 0.5) is 4.39 Å². The largest absolute Gasteiger partial charge is 0.480 e. The molecule has 0 radical (unpaired) electrons. The SMILES string of the molecule is Cc1ccc(CNC(=O)CN2CCC[C@H]2C(=O)O)cc1F. The van der Waals surface area contributed by atoms with Crippen LogP contribution in [-0.4, -0.2) is 41.0 Å². The van der Waals surface area contributed by atoms with Crippen molar-refractivity contribution in [3.8, 4) is 0 Å². The molecule has 1 aromatic carbocycles. The van der Waals surface area contributed by atoms with Gasteiger partial charge in [-0.25, -0.2) is 4.39 Å². The molecule has 1 aliphatic heterocycles. The third-order valence-electron chi connectivity index (χ3n) is 3.72. The lowest BCUT2D eigenvalue weighted by molar-refractivity contribution is -0.142. The van der Waals surface area contributed by atoms with E-state index < -0.39 is 12.0 Å². The Bertz CT molecular complexity index is 548. The number of benzene rings is 1. The summed E-state index contributed by atoms with van der Waals surface area (Å²) in [5.41, 5.74) is 1.24. The number of halogens is 1. The Hall–Kier alpha value is -1.95. The number of aryl methyl sites for hydroxylation is 1. The molecule has 2 rings (SSSR count). The fourth-order valence-electron chi connectivity index (χ4n) is 2.48. The number of carbonyl (C=O) groups excluding carboxylic acids is 1. The highest BCUT2D eigenvalue weighted by Crippen LogP contribution is 2.16. The number of rotatable bonds is 5. The van der Waals surface area contributed by atoms with Gasteiger partial charge in [0.25, 0.3) is 0 Å². The van der Waals surface area contributed by atoms with E-state index in [1.165, 1.54) is 6.07 Å². The van der Waals surface area contributed by atoms with E-state index in [9.17, 15) is 14.0 Å². The monoisotopic (exact) mass is 294 g/mol. The van der Waals surface area contributed by atoms with Gasteiger partial charge in [0.05, 0.1) is 6.54 Å². The van der Waals surface area contributed by atoms with Crippen LogP contribution in [0, 0.1) is 12.7 Å². The lowest BCUT2D eigenvalue weighted by Gasteiger charge is -2.20. The summed E-state index contributed by atoms with van der Waals surface area (Å²) >= 11 is 0. The summed E-state index contributed by atoms with van der Waals surface area (Å²) in [5.74, 6) is -1.43. The zero-order valence-electron chi connectivity index (χ0n) is 11.9. The number of hydrogen-bond acceptors (Lipinski definition) is 3. The van der Waals surface area contributed by atoms with Crippen molar-refractivity contribution < 1.29 is 19.1 Å². The van der Waals surface area contributed by atoms with Crippen LogP contribution in [0.3, 0.4) is 0 Å². The third-order valence-corrected chi connectivity index (χ3v) is 3.72. The molecule has 1 atom stereocenters. The van der Waals surface area contributed by atoms with Gasteiger partial charge in [0, 0.05) is 6.54 Å². The van der Waals surface area contributed by atoms with E-state index in [1.807, 2.05) is 0 Å². The standard InChI is InChI=1S/C15H19FN2O3/c1-10-4-5-11(7-12(10)16)8-17-14(19)9-18-6-2-3-13(18)15(20)21/h4-5,7,13H,2-3,6,8-9H2,1H3,(H,17,19)(H,20,21)/t13-/m0/s1. The molecule has 1 fully saturated rings. The first kappa shape index (κ1) is 15.4. The van der Waals surface area contributed by atoms with Gasteiger partial charge in [0.1, 0.15) is 11.9 Å². The Morgan fingerprint density at radius 3 is 2.90 bits per heavy atom. The van der Waals surface area contributed by atoms with Gasteiger partial charge >= 0.3 is 5.97 Å². The topological polar surface area (TPSA) is 69.6 Å². The van der Waals surface area contributed by atoms with Gasteiger partial charge in [-0.1, -0.05) is 12.1 Å². The van der Waals surface area contributed by atoms with Crippen molar-refractivity contribution in [2.24, 2.45) is 0 Å². The Balaban J connectivity index is 1.84. The summed E-state index contributed by atoms with van der Waals surface area (Å²) in [6, 6.07) is 4.24. The first-order chi connectivity index (χ1) is 9.97. The molecule has 0 bridgehead atoms. The lowest BCUT2D eigenvalue weighted by atomic mass is 10.1. The number of carbonyl (C=O) groups is 2. The lowest BCUT2D eigenvalue weighted by Crippen LogP contribution is -2.42. The summed E-state index contributed by atoms with van der Waals surface area (Å²) in [4.78, 5) is 24.5. The van der Waals surface area contributed by atoms with E-state index in [0.717, 1.165) is 6.42 Å². The summed E-state index contributed by atoms with van der Waals surface area (Å²) in [7, 11) is 0. The van der Waals surface area contributed by atoms with Gasteiger partial charge in [0.2, 0.25) is 5.91 Å². The maximum Gasteiger partial charge on any atom is 0.320 e. The van der Waals surface area contributed by atoms with Crippen molar-refractivity contribution in [3.63, 3.8) is 0 Å². The van der Waals surface area contributed by atoms with Crippen LogP contribution < -0.4 is 5.32 Å². The highest BCUT2D eigenvalue weighted by Gasteiger charge is 2.31. The van der Waals surface area contributed by atoms with E-state index in [0.29, 0.717) is 24.1 Å². The number of amides is 1. The second kappa shape index (κ2) is 6.67. The minimum atomic E-state index is -0.888. The molecule has 0 aromatic heterocycles. The number of likely N-dealkylation sites (tertiary alicyclic amines) is 1. The molecule has 21 heavy (non-hydrogen) atoms. The summed E-state index contributed by atoms with van der Waals surface area (Å²) < 4.78 is 13.4. The molecule has 114 valence electrons. The number of carboxylic acid groups (broad SMARTS) is 1. The minimum absolute atomic E-state index is 0.0608. The van der Waals surface area contributed by atoms with Gasteiger partial charge < -0.3 is 10.4 Å². The average Bonchev–Trinajstić information content (AvgIpc) is 2.88. The predicted molar refractivity (Wildman–Crippen MR) is 75.2 cm³/mol. The van der Waals surface area contributed by atoms with Gasteiger partial charge in [0.15, 0.2) is 0 Å². The molecule has 0 unspecified atom stereocenters. The van der Waals surface area contributed by atoms with E-state index in [-0.39, 0.29) is 24.8 Å². The van der Waals surface area contributed by atoms with Crippen LogP contribution in [0.15, 0.2) is 18.2 Å². The zero-order chi connectivity index (χ0) is 15.4. The summed E-state index contributed by atoms with van der Waals surface area (Å²) in [6.45, 7) is 2.59. The van der Waals surface area contributed by atoms with Gasteiger partial charge in [-0.3, -0.25) is 14.5 Å². The molecule has 5 nitrogen and oxygen atoms in total. The maximum atomic E-state index is 13.4. The van der Waals surface area contributed by atoms with Gasteiger partial charge in [-0.2, -0.15) is 0 Å². The molecule has 1 aliphatic rings. The van der Waals surface area contributed by atoms with E-state index in [4.69, 9.17) is 5.11 Å². The van der Waals surface area contributed by atoms with E-state index >= 15 is 0 Å². The van der Waals surface area contributed by atoms with Crippen LogP contribution in [0.2, 0.25) is 0 Å². The van der Waals surface area contributed by atoms with Crippen LogP contribution in [0.1, 0.15) is 24.0 Å². The number of nitrogens with zero attached hydrogens (tertiary/aromatic N) is 1. The Morgan fingerprint density at radius 2 is 2.24 bits per heavy atom. The average molecular weight is 294 g/mol. The van der Waals surface area contributed by atoms with E-state index in [1.54, 1.807) is 24.0 Å². The molecule has 0 aliphatic carbocycles. The number of hydrogen-bond donors (Lipinski definition) is 2. The van der Waals surface area contributed by atoms with Crippen LogP contribution >= 0.6 is 0 Å². The smallest absolute Gasteiger partial charge is 0.320 e. The second-order valence-electron chi connectivity index (χ2n) is 5.33. The molecular formula is C15H19FN2O3. The molecule has 6 heteroatoms. The molecule has 1 amide bonds. The summed E-state index contributed by atoms with van der Waals surface area (Å²) in [6.07, 6.45) is 1.36. The fourth-order valence-corrected chi connectivity index (χ4v) is 2.48. The van der Waals surface area contributed by atoms with Crippen molar-refractivity contribution in [1.82, 2.24) is 10.2 Å². The molecule has 1 heterocycles. The first-order valence-corrected chi connectivity index (χ1v) is 6.96. The Labute approximate surface area is 122 Å². The second-order valence-corrected chi connectivity index (χ2v) is 5.33. The zero-order valence-corrected chi connectivity index (χ0v) is 11.9. The quantitative estimate of drug-likeness (QED) is 0.859. The van der Waals surface area contributed by atoms with Crippen LogP contribution in [0.25, 0.3) is 0 Å². The highest BCUT2D eigenvalue weighted by molar-refractivity contribution is 5.80. The Kier molecular flexibility index (Phi) is 4.90. The van der Waals surface area contributed by atoms with Crippen molar-refractivity contribution in [3.05, 3.63) is 35.1 Å². The molecule has 0 spiro atoms. The molecule has 1 aromatic rings. The number of aliphatic carboxylic acids is 1. The predicted octanol–water partition coefficient (Wildman–Crippen LogP) is 1.30. The third kappa shape index (κ3) is 4.01. The maximum absolute atomic E-state index is 13.4. The van der Waals surface area contributed by atoms with Crippen LogP contribution in [0.5, 0.6) is 0 Å². The van der Waals surface area contributed by atoms with Gasteiger partial charge in [-0.15, -0.1) is 0 Å². The van der Waals surface area contributed by atoms with Crippen molar-refractivity contribution in [1.29, 1.82) is 0 Å². The van der Waals surface area contributed by atoms with Crippen molar-refractivity contribution in [2.75, 3.05) is 13.1 Å².